The zero-order valence-corrected chi connectivity index (χ0v) is 35.8. The number of alkyl halides is 3. The van der Waals surface area contributed by atoms with E-state index in [9.17, 15) is 31.5 Å². The number of hydrogen-bond donors (Lipinski definition) is 4. The molecule has 0 aliphatic heterocycles. The standard InChI is InChI=1S/C6H3F4N.C5H6ClN3O.C5H5ClN2O.C5H7N3O.2C4H3ClN2.C3H2FN3.C2H6.3CH4/c7-5-3-1-2-4(11-5)6(8,9)10;1-2-3(6)4(10)9-5(7)8-2;1-9-5-3-2-4(6)7-8-5;1-3-2-4(9)8-5(6)7-3;5-4-1-6-3-7-2-4;5-4-1-2-6-7-3-4;4-3-6-1-5-2-7-3;1-2;;;/h1-3H;1H3,(H3,7,8,9,10);2-3H,1H3;2H,1H3,(H3,6,7,8,9);2*1-3H;1-2H;1-2H3;3*1H4. The van der Waals surface area contributed by atoms with E-state index in [1.54, 1.807) is 38.2 Å². The lowest BCUT2D eigenvalue weighted by atomic mass is 10.3. The van der Waals surface area contributed by atoms with E-state index in [4.69, 9.17) is 62.6 Å². The van der Waals surface area contributed by atoms with Crippen molar-refractivity contribution in [3.05, 3.63) is 156 Å². The van der Waals surface area contributed by atoms with Gasteiger partial charge in [-0.15, -0.1) is 10.2 Å². The summed E-state index contributed by atoms with van der Waals surface area (Å²) < 4.78 is 63.7. The Bertz CT molecular complexity index is 2270. The zero-order valence-electron chi connectivity index (χ0n) is 32.7. The molecule has 65 heavy (non-hydrogen) atoms. The Kier molecular flexibility index (Phi) is 36.8. The lowest BCUT2D eigenvalue weighted by molar-refractivity contribution is -0.141. The highest BCUT2D eigenvalue weighted by molar-refractivity contribution is 6.31. The first-order valence-electron chi connectivity index (χ1n) is 16.5. The largest absolute Gasteiger partial charge is 0.480 e. The van der Waals surface area contributed by atoms with Gasteiger partial charge in [-0.3, -0.25) is 19.6 Å². The minimum atomic E-state index is -4.57. The molecule has 0 saturated heterocycles. The number of pyridine rings is 1. The topological polar surface area (TPSA) is 282 Å². The van der Waals surface area contributed by atoms with Crippen molar-refractivity contribution in [2.45, 2.75) is 56.2 Å². The van der Waals surface area contributed by atoms with E-state index in [0.717, 1.165) is 24.8 Å². The molecule has 7 heterocycles. The molecule has 7 rings (SSSR count). The van der Waals surface area contributed by atoms with Crippen LogP contribution in [-0.4, -0.2) is 77.3 Å². The predicted octanol–water partition coefficient (Wildman–Crippen LogP) is 8.56. The van der Waals surface area contributed by atoms with Gasteiger partial charge in [-0.25, -0.2) is 29.9 Å². The third kappa shape index (κ3) is 32.7. The van der Waals surface area contributed by atoms with Crippen molar-refractivity contribution in [3.63, 3.8) is 0 Å². The highest BCUT2D eigenvalue weighted by Crippen LogP contribution is 2.27. The maximum atomic E-state index is 12.1. The predicted molar refractivity (Wildman–Crippen MR) is 241 cm³/mol. The lowest BCUT2D eigenvalue weighted by Gasteiger charge is -2.03. The number of aryl methyl sites for hydroxylation is 2. The van der Waals surface area contributed by atoms with E-state index in [1.807, 2.05) is 13.8 Å². The first-order valence-corrected chi connectivity index (χ1v) is 18.0. The van der Waals surface area contributed by atoms with Crippen LogP contribution in [0.1, 0.15) is 53.2 Å². The highest BCUT2D eigenvalue weighted by atomic mass is 35.5. The number of nitrogens with one attached hydrogen (secondary N) is 2. The number of nitrogen functional groups attached to an aromatic ring is 2. The van der Waals surface area contributed by atoms with Crippen molar-refractivity contribution >= 4 is 58.3 Å². The van der Waals surface area contributed by atoms with E-state index in [2.05, 4.69) is 70.2 Å². The number of ether oxygens (including phenoxy) is 1. The molecule has 0 aliphatic rings. The summed E-state index contributed by atoms with van der Waals surface area (Å²) >= 11 is 21.8. The van der Waals surface area contributed by atoms with Gasteiger partial charge < -0.3 is 16.2 Å². The van der Waals surface area contributed by atoms with E-state index in [1.165, 1.54) is 38.1 Å². The molecule has 0 atom stereocenters. The van der Waals surface area contributed by atoms with Crippen molar-refractivity contribution < 1.29 is 26.7 Å². The molecular formula is C37H47Cl4F5N16O3. The van der Waals surface area contributed by atoms with Crippen molar-refractivity contribution in [3.8, 4) is 5.88 Å². The summed E-state index contributed by atoms with van der Waals surface area (Å²) in [6, 6.07) is 8.86. The quantitative estimate of drug-likeness (QED) is 0.0885. The van der Waals surface area contributed by atoms with Gasteiger partial charge in [-0.2, -0.15) is 42.1 Å². The van der Waals surface area contributed by atoms with Crippen molar-refractivity contribution in [2.24, 2.45) is 0 Å². The van der Waals surface area contributed by atoms with E-state index < -0.39 is 29.5 Å². The van der Waals surface area contributed by atoms with Crippen LogP contribution in [0.15, 0.2) is 95.8 Å². The second kappa shape index (κ2) is 36.8. The van der Waals surface area contributed by atoms with Crippen LogP contribution < -0.4 is 27.3 Å². The number of nitrogens with zero attached hydrogens (tertiary/aromatic N) is 12. The summed E-state index contributed by atoms with van der Waals surface area (Å²) in [4.78, 5) is 52.8. The van der Waals surface area contributed by atoms with E-state index in [0.29, 0.717) is 38.5 Å². The maximum absolute atomic E-state index is 12.1. The maximum Gasteiger partial charge on any atom is 0.433 e. The number of nitrogens with two attached hydrogens (primary N) is 2. The summed E-state index contributed by atoms with van der Waals surface area (Å²) in [5.74, 6) is -0.397. The molecule has 0 radical (unpaired) electrons. The molecule has 0 unspecified atom stereocenters. The number of hydrogen-bond acceptors (Lipinski definition) is 17. The SMILES string of the molecule is C.C.C.CC.COc1ccc(Cl)nn1.Cc1cc(=O)[nH]c(N)n1.Cc1nc(N)[nH]c(=O)c1Cl.Clc1ccnnc1.Clc1cncnc1.Fc1cccc(C(F)(F)F)n1.Fc1ncncn1. The first kappa shape index (κ1) is 65.0. The summed E-state index contributed by atoms with van der Waals surface area (Å²) in [6.07, 6.45) is 4.43. The second-order valence-electron chi connectivity index (χ2n) is 9.89. The van der Waals surface area contributed by atoms with Crippen molar-refractivity contribution in [1.29, 1.82) is 0 Å². The average molecular weight is 1000 g/mol. The lowest BCUT2D eigenvalue weighted by Crippen LogP contribution is -2.12. The fourth-order valence-corrected chi connectivity index (χ4v) is 3.36. The van der Waals surface area contributed by atoms with Crippen LogP contribution in [-0.2, 0) is 6.18 Å². The Balaban J connectivity index is -0.000000331. The molecule has 6 N–H and O–H groups in total. The van der Waals surface area contributed by atoms with E-state index in [-0.39, 0.29) is 44.8 Å². The van der Waals surface area contributed by atoms with Gasteiger partial charge in [0.15, 0.2) is 5.15 Å². The van der Waals surface area contributed by atoms with Crippen LogP contribution in [0.3, 0.4) is 0 Å². The molecule has 0 aliphatic carbocycles. The van der Waals surface area contributed by atoms with Crippen molar-refractivity contribution in [2.75, 3.05) is 18.6 Å². The van der Waals surface area contributed by atoms with Gasteiger partial charge in [0.2, 0.25) is 23.7 Å². The third-order valence-electron chi connectivity index (χ3n) is 5.30. The molecular weight excluding hydrogens is 953 g/mol. The van der Waals surface area contributed by atoms with Gasteiger partial charge >= 0.3 is 12.3 Å². The number of H-pyrrole nitrogens is 2. The fourth-order valence-electron chi connectivity index (χ4n) is 2.95. The van der Waals surface area contributed by atoms with Crippen LogP contribution in [0.5, 0.6) is 5.88 Å². The number of aromatic nitrogens is 14. The summed E-state index contributed by atoms with van der Waals surface area (Å²) in [7, 11) is 1.53. The number of aromatic amines is 2. The third-order valence-corrected chi connectivity index (χ3v) is 6.36. The van der Waals surface area contributed by atoms with Gasteiger partial charge in [0.05, 0.1) is 35.2 Å². The molecule has 0 spiro atoms. The Labute approximate surface area is 390 Å². The Morgan fingerprint density at radius 1 is 0.708 bits per heavy atom. The van der Waals surface area contributed by atoms with Crippen LogP contribution in [0.4, 0.5) is 33.8 Å². The van der Waals surface area contributed by atoms with Gasteiger partial charge in [0.1, 0.15) is 29.7 Å². The molecule has 19 nitrogen and oxygen atoms in total. The van der Waals surface area contributed by atoms with Crippen LogP contribution in [0, 0.1) is 25.9 Å². The zero-order chi connectivity index (χ0) is 47.1. The first-order chi connectivity index (χ1) is 29.3. The van der Waals surface area contributed by atoms with Gasteiger partial charge in [-0.05, 0) is 38.1 Å². The molecule has 7 aromatic rings. The summed E-state index contributed by atoms with van der Waals surface area (Å²) in [6.45, 7) is 7.33. The Morgan fingerprint density at radius 2 is 1.31 bits per heavy atom. The molecule has 28 heteroatoms. The molecule has 7 aromatic heterocycles. The van der Waals surface area contributed by atoms with Gasteiger partial charge in [0, 0.05) is 30.2 Å². The molecule has 0 fully saturated rings. The minimum Gasteiger partial charge on any atom is -0.480 e. The molecule has 0 saturated carbocycles. The van der Waals surface area contributed by atoms with Crippen molar-refractivity contribution in [1.82, 2.24) is 70.2 Å². The molecule has 0 aromatic carbocycles. The van der Waals surface area contributed by atoms with Crippen LogP contribution in [0.2, 0.25) is 20.2 Å². The number of anilines is 2. The Morgan fingerprint density at radius 3 is 1.66 bits per heavy atom. The fraction of sp³-hybridized carbons (Fsp3) is 0.243. The minimum absolute atomic E-state index is 0. The highest BCUT2D eigenvalue weighted by Gasteiger charge is 2.32. The number of rotatable bonds is 1. The number of methoxy groups -OCH3 is 1. The van der Waals surface area contributed by atoms with Gasteiger partial charge in [0.25, 0.3) is 11.1 Å². The molecule has 356 valence electrons. The second-order valence-corrected chi connectivity index (χ2v) is 11.5. The average Bonchev–Trinajstić information content (AvgIpc) is 3.22. The monoisotopic (exact) mass is 998 g/mol. The Hall–Kier alpha value is -6.63. The van der Waals surface area contributed by atoms with Crippen LogP contribution in [0.25, 0.3) is 0 Å². The molecule has 0 bridgehead atoms. The van der Waals surface area contributed by atoms with E-state index >= 15 is 0 Å². The van der Waals surface area contributed by atoms with Gasteiger partial charge in [-0.1, -0.05) is 88.6 Å². The smallest absolute Gasteiger partial charge is 0.433 e. The summed E-state index contributed by atoms with van der Waals surface area (Å²) in [5.41, 5.74) is 9.66. The molecule has 0 amide bonds. The summed E-state index contributed by atoms with van der Waals surface area (Å²) in [5, 5.41) is 15.8. The number of halogens is 9. The normalized spacial score (nSPS) is 8.95. The van der Waals surface area contributed by atoms with Crippen LogP contribution >= 0.6 is 46.4 Å².